The van der Waals surface area contributed by atoms with Gasteiger partial charge in [0.05, 0.1) is 0 Å². The van der Waals surface area contributed by atoms with Crippen molar-refractivity contribution in [2.24, 2.45) is 0 Å². The monoisotopic (exact) mass is 185 g/mol. The molecule has 1 aromatic carbocycles. The molecule has 0 spiro atoms. The molecule has 0 heterocycles. The summed E-state index contributed by atoms with van der Waals surface area (Å²) in [6.07, 6.45) is 0. The molecule has 0 saturated carbocycles. The Morgan fingerprint density at radius 3 is 2.44 bits per heavy atom. The van der Waals surface area contributed by atoms with Crippen molar-refractivity contribution in [3.05, 3.63) is 34.3 Å². The van der Waals surface area contributed by atoms with Gasteiger partial charge in [0, 0.05) is 4.47 Å². The van der Waals surface area contributed by atoms with Crippen LogP contribution < -0.4 is 0 Å². The smallest absolute Gasteiger partial charge is 0.108 e. The fraction of sp³-hybridized carbons (Fsp3) is 0.143. The van der Waals surface area contributed by atoms with Crippen molar-refractivity contribution in [3.8, 4) is 0 Å². The largest absolute Gasteiger partial charge is 0.232 e. The van der Waals surface area contributed by atoms with Gasteiger partial charge in [-0.1, -0.05) is 34.1 Å². The molecule has 0 bridgehead atoms. The Kier molecular flexibility index (Phi) is 2.25. The summed E-state index contributed by atoms with van der Waals surface area (Å²) in [5.74, 6) is 0. The maximum Gasteiger partial charge on any atom is 0.108 e. The van der Waals surface area contributed by atoms with E-state index in [9.17, 15) is 5.11 Å². The van der Waals surface area contributed by atoms with E-state index in [4.69, 9.17) is 0 Å². The fourth-order valence-electron chi connectivity index (χ4n) is 0.615. The molecule has 0 fully saturated rings. The lowest BCUT2D eigenvalue weighted by molar-refractivity contribution is 0.177. The molecule has 0 unspecified atom stereocenters. The van der Waals surface area contributed by atoms with Gasteiger partial charge in [-0.05, 0) is 11.6 Å². The molecule has 9 heavy (non-hydrogen) atoms. The summed E-state index contributed by atoms with van der Waals surface area (Å²) in [4.78, 5) is 0. The molecule has 2 heteroatoms. The number of hydrogen-bond donors (Lipinski definition) is 0. The minimum atomic E-state index is -0.151. The molecule has 0 aliphatic rings. The van der Waals surface area contributed by atoms with Crippen LogP contribution in [0.25, 0.3) is 0 Å². The van der Waals surface area contributed by atoms with Gasteiger partial charge < -0.3 is 0 Å². The lowest BCUT2D eigenvalue weighted by Crippen LogP contribution is -1.80. The Bertz CT molecular complexity index is 198. The Hall–Kier alpha value is -0.340. The summed E-state index contributed by atoms with van der Waals surface area (Å²) in [5.41, 5.74) is 0.817. The highest BCUT2D eigenvalue weighted by atomic mass is 79.9. The van der Waals surface area contributed by atoms with E-state index < -0.39 is 0 Å². The molecule has 0 saturated heterocycles. The second kappa shape index (κ2) is 2.99. The molecule has 0 atom stereocenters. The van der Waals surface area contributed by atoms with Gasteiger partial charge in [0.15, 0.2) is 0 Å². The first-order valence-electron chi connectivity index (χ1n) is 2.66. The van der Waals surface area contributed by atoms with Crippen LogP contribution in [-0.2, 0) is 11.7 Å². The molecule has 1 radical (unpaired) electrons. The molecule has 0 N–H and O–H groups in total. The third kappa shape index (κ3) is 1.53. The predicted octanol–water partition coefficient (Wildman–Crippen LogP) is 2.38. The van der Waals surface area contributed by atoms with Gasteiger partial charge in [0.2, 0.25) is 0 Å². The normalized spacial score (nSPS) is 9.56. The van der Waals surface area contributed by atoms with Crippen molar-refractivity contribution >= 4 is 15.9 Å². The Morgan fingerprint density at radius 1 is 1.33 bits per heavy atom. The van der Waals surface area contributed by atoms with Gasteiger partial charge in [0.25, 0.3) is 0 Å². The highest BCUT2D eigenvalue weighted by Crippen LogP contribution is 2.14. The standard InChI is InChI=1S/C7H6BrO/c8-7-4-2-1-3-6(7)5-9/h1-4H,5H2. The quantitative estimate of drug-likeness (QED) is 0.641. The summed E-state index contributed by atoms with van der Waals surface area (Å²) in [7, 11) is 0. The number of halogens is 1. The van der Waals surface area contributed by atoms with Gasteiger partial charge in [-0.25, -0.2) is 5.11 Å². The third-order valence-electron chi connectivity index (χ3n) is 1.11. The maximum atomic E-state index is 10.3. The summed E-state index contributed by atoms with van der Waals surface area (Å²) in [5, 5.41) is 10.3. The highest BCUT2D eigenvalue weighted by Gasteiger charge is 1.93. The van der Waals surface area contributed by atoms with E-state index in [-0.39, 0.29) is 6.61 Å². The van der Waals surface area contributed by atoms with Crippen molar-refractivity contribution in [1.29, 1.82) is 0 Å². The van der Waals surface area contributed by atoms with Crippen LogP contribution in [0.2, 0.25) is 0 Å². The average molecular weight is 186 g/mol. The van der Waals surface area contributed by atoms with Crippen molar-refractivity contribution in [2.45, 2.75) is 6.61 Å². The van der Waals surface area contributed by atoms with Crippen LogP contribution in [0.15, 0.2) is 28.7 Å². The minimum Gasteiger partial charge on any atom is -0.232 e. The molecule has 1 nitrogen and oxygen atoms in total. The van der Waals surface area contributed by atoms with Gasteiger partial charge in [-0.2, -0.15) is 0 Å². The SMILES string of the molecule is [O]Cc1ccccc1Br. The second-order valence-corrected chi connectivity index (χ2v) is 2.59. The Morgan fingerprint density at radius 2 is 2.00 bits per heavy atom. The van der Waals surface area contributed by atoms with Gasteiger partial charge >= 0.3 is 0 Å². The van der Waals surface area contributed by atoms with Crippen LogP contribution in [0.3, 0.4) is 0 Å². The Balaban J connectivity index is 3.01. The molecule has 0 aromatic heterocycles. The van der Waals surface area contributed by atoms with Crippen LogP contribution in [-0.4, -0.2) is 0 Å². The van der Waals surface area contributed by atoms with E-state index in [2.05, 4.69) is 15.9 Å². The Labute approximate surface area is 62.5 Å². The molecule has 0 aliphatic carbocycles. The van der Waals surface area contributed by atoms with Crippen LogP contribution in [0.4, 0.5) is 0 Å². The molecular formula is C7H6BrO. The zero-order chi connectivity index (χ0) is 6.69. The van der Waals surface area contributed by atoms with Gasteiger partial charge in [-0.3, -0.25) is 0 Å². The number of hydrogen-bond acceptors (Lipinski definition) is 0. The van der Waals surface area contributed by atoms with Gasteiger partial charge in [-0.15, -0.1) is 0 Å². The maximum absolute atomic E-state index is 10.3. The summed E-state index contributed by atoms with van der Waals surface area (Å²) < 4.78 is 0.903. The molecule has 47 valence electrons. The summed E-state index contributed by atoms with van der Waals surface area (Å²) >= 11 is 3.26. The van der Waals surface area contributed by atoms with E-state index in [1.165, 1.54) is 0 Å². The second-order valence-electron chi connectivity index (χ2n) is 1.74. The molecule has 0 amide bonds. The fourth-order valence-corrected chi connectivity index (χ4v) is 1.01. The van der Waals surface area contributed by atoms with Crippen LogP contribution in [0.1, 0.15) is 5.56 Å². The van der Waals surface area contributed by atoms with E-state index in [1.54, 1.807) is 0 Å². The lowest BCUT2D eigenvalue weighted by Gasteiger charge is -1.94. The third-order valence-corrected chi connectivity index (χ3v) is 1.89. The first-order valence-corrected chi connectivity index (χ1v) is 3.45. The first-order chi connectivity index (χ1) is 4.34. The van der Waals surface area contributed by atoms with Crippen molar-refractivity contribution < 1.29 is 5.11 Å². The number of benzene rings is 1. The molecule has 1 rings (SSSR count). The van der Waals surface area contributed by atoms with E-state index in [0.717, 1.165) is 10.0 Å². The van der Waals surface area contributed by atoms with E-state index in [1.807, 2.05) is 24.3 Å². The van der Waals surface area contributed by atoms with Crippen LogP contribution in [0, 0.1) is 0 Å². The lowest BCUT2D eigenvalue weighted by atomic mass is 10.2. The van der Waals surface area contributed by atoms with Gasteiger partial charge in [0.1, 0.15) is 6.61 Å². The first kappa shape index (κ1) is 6.78. The molecular weight excluding hydrogens is 180 g/mol. The van der Waals surface area contributed by atoms with Crippen LogP contribution >= 0.6 is 15.9 Å². The van der Waals surface area contributed by atoms with Crippen molar-refractivity contribution in [2.75, 3.05) is 0 Å². The topological polar surface area (TPSA) is 19.9 Å². The van der Waals surface area contributed by atoms with E-state index in [0.29, 0.717) is 0 Å². The van der Waals surface area contributed by atoms with Crippen molar-refractivity contribution in [1.82, 2.24) is 0 Å². The van der Waals surface area contributed by atoms with Crippen molar-refractivity contribution in [3.63, 3.8) is 0 Å². The molecule has 1 aromatic rings. The predicted molar refractivity (Wildman–Crippen MR) is 38.5 cm³/mol. The zero-order valence-corrected chi connectivity index (χ0v) is 6.39. The average Bonchev–Trinajstić information content (AvgIpc) is 1.89. The summed E-state index contributed by atoms with van der Waals surface area (Å²) in [6, 6.07) is 7.44. The minimum absolute atomic E-state index is 0.151. The van der Waals surface area contributed by atoms with Crippen LogP contribution in [0.5, 0.6) is 0 Å². The molecule has 0 aliphatic heterocycles. The summed E-state index contributed by atoms with van der Waals surface area (Å²) in [6.45, 7) is -0.151. The van der Waals surface area contributed by atoms with E-state index >= 15 is 0 Å². The zero-order valence-electron chi connectivity index (χ0n) is 4.80. The highest BCUT2D eigenvalue weighted by molar-refractivity contribution is 9.10. The number of rotatable bonds is 1.